The van der Waals surface area contributed by atoms with E-state index in [4.69, 9.17) is 46.4 Å². The normalized spacial score (nSPS) is 16.0. The molecule has 1 aromatic carbocycles. The summed E-state index contributed by atoms with van der Waals surface area (Å²) in [6, 6.07) is 1.45. The van der Waals surface area contributed by atoms with Gasteiger partial charge in [-0.3, -0.25) is 14.4 Å². The van der Waals surface area contributed by atoms with Crippen molar-refractivity contribution in [1.82, 2.24) is 14.7 Å². The highest BCUT2D eigenvalue weighted by molar-refractivity contribution is 6.50. The first-order valence-corrected chi connectivity index (χ1v) is 9.70. The van der Waals surface area contributed by atoms with Crippen LogP contribution >= 0.6 is 46.4 Å². The molecule has 0 saturated carbocycles. The molecule has 1 aliphatic heterocycles. The maximum atomic E-state index is 12.4. The first kappa shape index (κ1) is 19.8. The van der Waals surface area contributed by atoms with Gasteiger partial charge in [0.05, 0.1) is 38.5 Å². The van der Waals surface area contributed by atoms with E-state index >= 15 is 0 Å². The standard InChI is InChI=1S/C17H18Cl4N4O/c1-24-8-11(7-22-24)10-2-4-25(5-3-10)9-14(26)23-17-15(20)12(18)6-13(19)16(17)21/h6-8,10H,2-5,9H2,1H3,(H,23,26). The minimum Gasteiger partial charge on any atom is -0.322 e. The summed E-state index contributed by atoms with van der Waals surface area (Å²) in [6.07, 6.45) is 5.95. The molecular weight excluding hydrogens is 418 g/mol. The lowest BCUT2D eigenvalue weighted by Gasteiger charge is -2.31. The number of nitrogens with zero attached hydrogens (tertiary/aromatic N) is 3. The minimum atomic E-state index is -0.202. The van der Waals surface area contributed by atoms with E-state index in [1.807, 2.05) is 17.9 Å². The van der Waals surface area contributed by atoms with Crippen LogP contribution < -0.4 is 5.32 Å². The summed E-state index contributed by atoms with van der Waals surface area (Å²) in [5.74, 6) is 0.283. The van der Waals surface area contributed by atoms with Crippen molar-refractivity contribution in [3.05, 3.63) is 44.1 Å². The Hall–Kier alpha value is -0.980. The molecule has 0 atom stereocenters. The highest BCUT2D eigenvalue weighted by atomic mass is 35.5. The van der Waals surface area contributed by atoms with Gasteiger partial charge in [0.25, 0.3) is 0 Å². The Morgan fingerprint density at radius 1 is 1.19 bits per heavy atom. The van der Waals surface area contributed by atoms with Gasteiger partial charge in [0, 0.05) is 13.2 Å². The van der Waals surface area contributed by atoms with Gasteiger partial charge in [-0.05, 0) is 43.5 Å². The molecule has 1 amide bonds. The molecule has 2 aromatic rings. The van der Waals surface area contributed by atoms with Gasteiger partial charge < -0.3 is 5.32 Å². The van der Waals surface area contributed by atoms with Crippen molar-refractivity contribution in [2.75, 3.05) is 25.0 Å². The topological polar surface area (TPSA) is 50.2 Å². The van der Waals surface area contributed by atoms with E-state index in [-0.39, 0.29) is 38.2 Å². The van der Waals surface area contributed by atoms with E-state index in [2.05, 4.69) is 21.5 Å². The summed E-state index contributed by atoms with van der Waals surface area (Å²) in [5.41, 5.74) is 1.50. The Balaban J connectivity index is 1.57. The molecule has 1 N–H and O–H groups in total. The van der Waals surface area contributed by atoms with Crippen LogP contribution in [0.5, 0.6) is 0 Å². The fourth-order valence-electron chi connectivity index (χ4n) is 3.14. The molecule has 0 aliphatic carbocycles. The predicted octanol–water partition coefficient (Wildman–Crippen LogP) is 4.85. The zero-order valence-electron chi connectivity index (χ0n) is 14.1. The van der Waals surface area contributed by atoms with Gasteiger partial charge in [-0.1, -0.05) is 46.4 Å². The Morgan fingerprint density at radius 3 is 2.35 bits per heavy atom. The fourth-order valence-corrected chi connectivity index (χ4v) is 4.04. The Bertz CT molecular complexity index is 789. The van der Waals surface area contributed by atoms with Gasteiger partial charge >= 0.3 is 0 Å². The van der Waals surface area contributed by atoms with Crippen molar-refractivity contribution < 1.29 is 4.79 Å². The van der Waals surface area contributed by atoms with Gasteiger partial charge in [-0.25, -0.2) is 0 Å². The smallest absolute Gasteiger partial charge is 0.238 e. The third-order valence-corrected chi connectivity index (χ3v) is 6.10. The van der Waals surface area contributed by atoms with E-state index in [0.717, 1.165) is 25.9 Å². The molecule has 0 radical (unpaired) electrons. The van der Waals surface area contributed by atoms with Crippen molar-refractivity contribution in [3.63, 3.8) is 0 Å². The molecule has 5 nitrogen and oxygen atoms in total. The average molecular weight is 436 g/mol. The van der Waals surface area contributed by atoms with Crippen molar-refractivity contribution in [3.8, 4) is 0 Å². The quantitative estimate of drug-likeness (QED) is 0.698. The lowest BCUT2D eigenvalue weighted by molar-refractivity contribution is -0.117. The Morgan fingerprint density at radius 2 is 1.81 bits per heavy atom. The highest BCUT2D eigenvalue weighted by Crippen LogP contribution is 2.41. The summed E-state index contributed by atoms with van der Waals surface area (Å²) in [5, 5.41) is 7.81. The van der Waals surface area contributed by atoms with Crippen LogP contribution in [0.1, 0.15) is 24.3 Å². The molecule has 0 spiro atoms. The number of benzene rings is 1. The van der Waals surface area contributed by atoms with E-state index in [9.17, 15) is 4.79 Å². The van der Waals surface area contributed by atoms with Crippen molar-refractivity contribution in [2.45, 2.75) is 18.8 Å². The summed E-state index contributed by atoms with van der Waals surface area (Å²) in [7, 11) is 1.92. The second kappa shape index (κ2) is 8.36. The van der Waals surface area contributed by atoms with Crippen molar-refractivity contribution >= 4 is 58.0 Å². The zero-order valence-corrected chi connectivity index (χ0v) is 17.1. The number of carbonyl (C=O) groups excluding carboxylic acids is 1. The number of aromatic nitrogens is 2. The number of hydrogen-bond donors (Lipinski definition) is 1. The monoisotopic (exact) mass is 434 g/mol. The number of carbonyl (C=O) groups is 1. The number of nitrogens with one attached hydrogen (secondary N) is 1. The van der Waals surface area contributed by atoms with Crippen LogP contribution in [0.15, 0.2) is 18.5 Å². The van der Waals surface area contributed by atoms with Gasteiger partial charge in [-0.2, -0.15) is 5.10 Å². The zero-order chi connectivity index (χ0) is 18.8. The molecule has 3 rings (SSSR count). The predicted molar refractivity (Wildman–Crippen MR) is 107 cm³/mol. The van der Waals surface area contributed by atoms with E-state index in [0.29, 0.717) is 5.92 Å². The number of likely N-dealkylation sites (tertiary alicyclic amines) is 1. The summed E-state index contributed by atoms with van der Waals surface area (Å²) in [4.78, 5) is 14.5. The first-order chi connectivity index (χ1) is 12.3. The lowest BCUT2D eigenvalue weighted by Crippen LogP contribution is -2.38. The van der Waals surface area contributed by atoms with Gasteiger partial charge in [-0.15, -0.1) is 0 Å². The van der Waals surface area contributed by atoms with Crippen molar-refractivity contribution in [1.29, 1.82) is 0 Å². The molecule has 2 heterocycles. The Labute approximate surface area is 172 Å². The number of piperidine rings is 1. The van der Waals surface area contributed by atoms with Crippen LogP contribution in [0.2, 0.25) is 20.1 Å². The maximum Gasteiger partial charge on any atom is 0.238 e. The molecule has 9 heteroatoms. The van der Waals surface area contributed by atoms with Gasteiger partial charge in [0.15, 0.2) is 0 Å². The lowest BCUT2D eigenvalue weighted by atomic mass is 9.91. The molecule has 1 saturated heterocycles. The van der Waals surface area contributed by atoms with Gasteiger partial charge in [0.1, 0.15) is 0 Å². The molecule has 26 heavy (non-hydrogen) atoms. The number of hydrogen-bond acceptors (Lipinski definition) is 3. The number of aryl methyl sites for hydroxylation is 1. The molecule has 1 aliphatic rings. The average Bonchev–Trinajstić information content (AvgIpc) is 3.04. The second-order valence-electron chi connectivity index (χ2n) is 6.39. The first-order valence-electron chi connectivity index (χ1n) is 8.19. The van der Waals surface area contributed by atoms with Crippen molar-refractivity contribution in [2.24, 2.45) is 7.05 Å². The fraction of sp³-hybridized carbons (Fsp3) is 0.412. The third kappa shape index (κ3) is 4.46. The third-order valence-electron chi connectivity index (χ3n) is 4.53. The highest BCUT2D eigenvalue weighted by Gasteiger charge is 2.24. The van der Waals surface area contributed by atoms with Gasteiger partial charge in [0.2, 0.25) is 5.91 Å². The van der Waals surface area contributed by atoms with E-state index in [1.54, 1.807) is 0 Å². The number of halogens is 4. The largest absolute Gasteiger partial charge is 0.322 e. The molecule has 1 aromatic heterocycles. The van der Waals surface area contributed by atoms with Crippen LogP contribution in [0, 0.1) is 0 Å². The van der Waals surface area contributed by atoms with E-state index < -0.39 is 0 Å². The molecule has 1 fully saturated rings. The van der Waals surface area contributed by atoms with Crippen LogP contribution in [0.25, 0.3) is 0 Å². The summed E-state index contributed by atoms with van der Waals surface area (Å²) >= 11 is 24.3. The second-order valence-corrected chi connectivity index (χ2v) is 7.96. The van der Waals surface area contributed by atoms with Crippen LogP contribution in [-0.4, -0.2) is 40.2 Å². The molecule has 0 unspecified atom stereocenters. The SMILES string of the molecule is Cn1cc(C2CCN(CC(=O)Nc3c(Cl)c(Cl)cc(Cl)c3Cl)CC2)cn1. The van der Waals surface area contributed by atoms with Crippen LogP contribution in [0.4, 0.5) is 5.69 Å². The van der Waals surface area contributed by atoms with Crippen LogP contribution in [0.3, 0.4) is 0 Å². The molecular formula is C17H18Cl4N4O. The van der Waals surface area contributed by atoms with Crippen LogP contribution in [-0.2, 0) is 11.8 Å². The molecule has 0 bridgehead atoms. The maximum absolute atomic E-state index is 12.4. The van der Waals surface area contributed by atoms with E-state index in [1.165, 1.54) is 11.6 Å². The Kier molecular flexibility index (Phi) is 6.36. The molecule has 140 valence electrons. The minimum absolute atomic E-state index is 0.185. The summed E-state index contributed by atoms with van der Waals surface area (Å²) in [6.45, 7) is 1.94. The number of anilines is 1. The number of rotatable bonds is 4. The number of amides is 1. The summed E-state index contributed by atoms with van der Waals surface area (Å²) < 4.78 is 1.82.